The number of piperidine rings is 1. The van der Waals surface area contributed by atoms with Crippen molar-refractivity contribution in [1.29, 1.82) is 0 Å². The van der Waals surface area contributed by atoms with Crippen molar-refractivity contribution in [2.24, 2.45) is 0 Å². The number of methoxy groups -OCH3 is 1. The van der Waals surface area contributed by atoms with E-state index in [-0.39, 0.29) is 5.69 Å². The summed E-state index contributed by atoms with van der Waals surface area (Å²) < 4.78 is 5.43. The standard InChI is InChI=1S/C16H24N2O3/c1-3-4-8-12-14(21-2)11-13(16(19)20)17-15(12)18-9-6-5-7-10-18/h11H,3-10H2,1-2H3,(H,19,20). The fraction of sp³-hybridized carbons (Fsp3) is 0.625. The van der Waals surface area contributed by atoms with Crippen LogP contribution in [0.1, 0.15) is 55.1 Å². The van der Waals surface area contributed by atoms with Crippen LogP contribution in [-0.4, -0.2) is 36.3 Å². The van der Waals surface area contributed by atoms with Gasteiger partial charge in [0.25, 0.3) is 0 Å². The quantitative estimate of drug-likeness (QED) is 0.872. The first-order valence-corrected chi connectivity index (χ1v) is 7.73. The van der Waals surface area contributed by atoms with E-state index in [9.17, 15) is 9.90 Å². The summed E-state index contributed by atoms with van der Waals surface area (Å²) in [6.45, 7) is 4.03. The molecule has 1 fully saturated rings. The largest absolute Gasteiger partial charge is 0.496 e. The summed E-state index contributed by atoms with van der Waals surface area (Å²) >= 11 is 0. The molecule has 0 bridgehead atoms. The van der Waals surface area contributed by atoms with E-state index in [4.69, 9.17) is 4.74 Å². The molecule has 5 nitrogen and oxygen atoms in total. The van der Waals surface area contributed by atoms with Crippen LogP contribution in [0.15, 0.2) is 6.07 Å². The Labute approximate surface area is 125 Å². The van der Waals surface area contributed by atoms with Crippen molar-refractivity contribution in [3.05, 3.63) is 17.3 Å². The van der Waals surface area contributed by atoms with Crippen LogP contribution in [-0.2, 0) is 6.42 Å². The lowest BCUT2D eigenvalue weighted by Gasteiger charge is -2.30. The van der Waals surface area contributed by atoms with Crippen molar-refractivity contribution >= 4 is 11.8 Å². The summed E-state index contributed by atoms with van der Waals surface area (Å²) in [5, 5.41) is 9.26. The van der Waals surface area contributed by atoms with Crippen LogP contribution in [0, 0.1) is 0 Å². The Morgan fingerprint density at radius 1 is 1.38 bits per heavy atom. The minimum atomic E-state index is -1.01. The fourth-order valence-corrected chi connectivity index (χ4v) is 2.78. The van der Waals surface area contributed by atoms with Crippen molar-refractivity contribution in [3.8, 4) is 5.75 Å². The lowest BCUT2D eigenvalue weighted by Crippen LogP contribution is -2.31. The number of ether oxygens (including phenoxy) is 1. The maximum atomic E-state index is 11.3. The molecule has 116 valence electrons. The van der Waals surface area contributed by atoms with Gasteiger partial charge in [0.1, 0.15) is 11.6 Å². The molecule has 0 radical (unpaired) electrons. The Kier molecular flexibility index (Phi) is 5.42. The van der Waals surface area contributed by atoms with Crippen molar-refractivity contribution in [3.63, 3.8) is 0 Å². The highest BCUT2D eigenvalue weighted by Crippen LogP contribution is 2.32. The van der Waals surface area contributed by atoms with Gasteiger partial charge in [0, 0.05) is 24.7 Å². The van der Waals surface area contributed by atoms with E-state index in [1.165, 1.54) is 6.42 Å². The van der Waals surface area contributed by atoms with E-state index in [2.05, 4.69) is 16.8 Å². The molecule has 21 heavy (non-hydrogen) atoms. The molecule has 0 unspecified atom stereocenters. The second kappa shape index (κ2) is 7.29. The maximum Gasteiger partial charge on any atom is 0.354 e. The molecule has 0 spiro atoms. The smallest absolute Gasteiger partial charge is 0.354 e. The Bertz CT molecular complexity index is 497. The third-order valence-electron chi connectivity index (χ3n) is 3.94. The van der Waals surface area contributed by atoms with Gasteiger partial charge in [0.15, 0.2) is 5.69 Å². The third kappa shape index (κ3) is 3.65. The molecule has 0 atom stereocenters. The van der Waals surface area contributed by atoms with E-state index < -0.39 is 5.97 Å². The molecule has 0 saturated carbocycles. The molecule has 1 N–H and O–H groups in total. The zero-order valence-corrected chi connectivity index (χ0v) is 12.9. The number of aromatic nitrogens is 1. The highest BCUT2D eigenvalue weighted by molar-refractivity contribution is 5.87. The minimum Gasteiger partial charge on any atom is -0.496 e. The van der Waals surface area contributed by atoms with Crippen molar-refractivity contribution in [2.75, 3.05) is 25.1 Å². The van der Waals surface area contributed by atoms with Gasteiger partial charge in [-0.1, -0.05) is 13.3 Å². The highest BCUT2D eigenvalue weighted by atomic mass is 16.5. The molecule has 1 aromatic rings. The SMILES string of the molecule is CCCCc1c(OC)cc(C(=O)O)nc1N1CCCCC1. The van der Waals surface area contributed by atoms with E-state index >= 15 is 0 Å². The van der Waals surface area contributed by atoms with E-state index in [1.54, 1.807) is 13.2 Å². The molecule has 2 rings (SSSR count). The first kappa shape index (κ1) is 15.6. The van der Waals surface area contributed by atoms with Gasteiger partial charge < -0.3 is 14.7 Å². The third-order valence-corrected chi connectivity index (χ3v) is 3.94. The van der Waals surface area contributed by atoms with Gasteiger partial charge in [-0.15, -0.1) is 0 Å². The molecule has 0 aliphatic carbocycles. The van der Waals surface area contributed by atoms with Crippen LogP contribution in [0.25, 0.3) is 0 Å². The molecule has 2 heterocycles. The monoisotopic (exact) mass is 292 g/mol. The number of nitrogens with zero attached hydrogens (tertiary/aromatic N) is 2. The van der Waals surface area contributed by atoms with Gasteiger partial charge in [-0.25, -0.2) is 9.78 Å². The van der Waals surface area contributed by atoms with Crippen molar-refractivity contribution in [1.82, 2.24) is 4.98 Å². The fourth-order valence-electron chi connectivity index (χ4n) is 2.78. The van der Waals surface area contributed by atoms with Gasteiger partial charge in [0.2, 0.25) is 0 Å². The number of unbranched alkanes of at least 4 members (excludes halogenated alkanes) is 1. The first-order chi connectivity index (χ1) is 10.2. The lowest BCUT2D eigenvalue weighted by atomic mass is 10.0. The molecule has 1 aromatic heterocycles. The number of anilines is 1. The zero-order chi connectivity index (χ0) is 15.2. The molecule has 0 amide bonds. The summed E-state index contributed by atoms with van der Waals surface area (Å²) in [6.07, 6.45) is 6.51. The second-order valence-electron chi connectivity index (χ2n) is 5.47. The van der Waals surface area contributed by atoms with Crippen LogP contribution in [0.2, 0.25) is 0 Å². The summed E-state index contributed by atoms with van der Waals surface area (Å²) in [6, 6.07) is 1.54. The van der Waals surface area contributed by atoms with Crippen molar-refractivity contribution < 1.29 is 14.6 Å². The minimum absolute atomic E-state index is 0.0627. The second-order valence-corrected chi connectivity index (χ2v) is 5.47. The van der Waals surface area contributed by atoms with Crippen LogP contribution in [0.4, 0.5) is 5.82 Å². The van der Waals surface area contributed by atoms with Crippen LogP contribution in [0.5, 0.6) is 5.75 Å². The Balaban J connectivity index is 2.44. The van der Waals surface area contributed by atoms with Gasteiger partial charge in [-0.3, -0.25) is 0 Å². The number of carbonyl (C=O) groups is 1. The van der Waals surface area contributed by atoms with Crippen LogP contribution >= 0.6 is 0 Å². The molecule has 1 aliphatic heterocycles. The summed E-state index contributed by atoms with van der Waals surface area (Å²) in [5.74, 6) is 0.449. The topological polar surface area (TPSA) is 62.7 Å². The van der Waals surface area contributed by atoms with Gasteiger partial charge >= 0.3 is 5.97 Å². The number of carboxylic acid groups (broad SMARTS) is 1. The van der Waals surface area contributed by atoms with Gasteiger partial charge in [-0.2, -0.15) is 0 Å². The van der Waals surface area contributed by atoms with Crippen LogP contribution in [0.3, 0.4) is 0 Å². The number of pyridine rings is 1. The number of hydrogen-bond acceptors (Lipinski definition) is 4. The summed E-state index contributed by atoms with van der Waals surface area (Å²) in [7, 11) is 1.59. The van der Waals surface area contributed by atoms with Crippen LogP contribution < -0.4 is 9.64 Å². The predicted molar refractivity (Wildman–Crippen MR) is 82.4 cm³/mol. The number of rotatable bonds is 6. The maximum absolute atomic E-state index is 11.3. The Morgan fingerprint density at radius 3 is 2.67 bits per heavy atom. The molecule has 5 heteroatoms. The van der Waals surface area contributed by atoms with Gasteiger partial charge in [0.05, 0.1) is 7.11 Å². The molecule has 1 aliphatic rings. The first-order valence-electron chi connectivity index (χ1n) is 7.73. The molecular formula is C16H24N2O3. The number of aromatic carboxylic acids is 1. The molecule has 1 saturated heterocycles. The average molecular weight is 292 g/mol. The normalized spacial score (nSPS) is 15.0. The van der Waals surface area contributed by atoms with E-state index in [0.717, 1.165) is 56.6 Å². The van der Waals surface area contributed by atoms with Crippen molar-refractivity contribution in [2.45, 2.75) is 45.4 Å². The molecule has 0 aromatic carbocycles. The lowest BCUT2D eigenvalue weighted by molar-refractivity contribution is 0.0690. The van der Waals surface area contributed by atoms with Gasteiger partial charge in [-0.05, 0) is 32.1 Å². The predicted octanol–water partition coefficient (Wildman–Crippen LogP) is 3.12. The van der Waals surface area contributed by atoms with E-state index in [1.807, 2.05) is 0 Å². The zero-order valence-electron chi connectivity index (χ0n) is 12.9. The number of carboxylic acids is 1. The molecular weight excluding hydrogens is 268 g/mol. The Hall–Kier alpha value is -1.78. The Morgan fingerprint density at radius 2 is 2.10 bits per heavy atom. The van der Waals surface area contributed by atoms with E-state index in [0.29, 0.717) is 5.75 Å². The average Bonchev–Trinajstić information content (AvgIpc) is 2.52. The summed E-state index contributed by atoms with van der Waals surface area (Å²) in [4.78, 5) is 17.9. The highest BCUT2D eigenvalue weighted by Gasteiger charge is 2.22. The number of hydrogen-bond donors (Lipinski definition) is 1. The summed E-state index contributed by atoms with van der Waals surface area (Å²) in [5.41, 5.74) is 1.11.